The van der Waals surface area contributed by atoms with Gasteiger partial charge in [0.2, 0.25) is 0 Å². The number of terminal acetylenes is 1. The van der Waals surface area contributed by atoms with E-state index in [0.29, 0.717) is 13.0 Å². The van der Waals surface area contributed by atoms with Crippen LogP contribution in [0.15, 0.2) is 107 Å². The van der Waals surface area contributed by atoms with Gasteiger partial charge in [0, 0.05) is 37.5 Å². The molecule has 0 radical (unpaired) electrons. The molecule has 33 heavy (non-hydrogen) atoms. The molecule has 2 aromatic carbocycles. The average molecular weight is 435 g/mol. The predicted molar refractivity (Wildman–Crippen MR) is 147 cm³/mol. The summed E-state index contributed by atoms with van der Waals surface area (Å²) in [7, 11) is 1.77. The van der Waals surface area contributed by atoms with Gasteiger partial charge in [-0.3, -0.25) is 4.99 Å². The number of rotatable bonds is 10. The first kappa shape index (κ1) is 25.4. The van der Waals surface area contributed by atoms with E-state index in [1.54, 1.807) is 7.05 Å². The van der Waals surface area contributed by atoms with Gasteiger partial charge in [0.1, 0.15) is 0 Å². The Bertz CT molecular complexity index is 1150. The van der Waals surface area contributed by atoms with Gasteiger partial charge in [-0.15, -0.1) is 12.3 Å². The quantitative estimate of drug-likeness (QED) is 0.177. The number of benzene rings is 2. The first-order chi connectivity index (χ1) is 15.9. The lowest BCUT2D eigenvalue weighted by Gasteiger charge is -2.21. The normalized spacial score (nSPS) is 12.5. The highest BCUT2D eigenvalue weighted by Gasteiger charge is 2.17. The molecule has 0 unspecified atom stereocenters. The van der Waals surface area contributed by atoms with Crippen LogP contribution >= 0.6 is 0 Å². The zero-order valence-corrected chi connectivity index (χ0v) is 20.3. The van der Waals surface area contributed by atoms with Crippen molar-refractivity contribution in [3.8, 4) is 12.3 Å². The lowest BCUT2D eigenvalue weighted by molar-refractivity contribution is 1.09. The largest absolute Gasteiger partial charge is 0.384 e. The van der Waals surface area contributed by atoms with Gasteiger partial charge in [-0.1, -0.05) is 73.3 Å². The zero-order valence-electron chi connectivity index (χ0n) is 20.3. The summed E-state index contributed by atoms with van der Waals surface area (Å²) in [4.78, 5) is 4.13. The molecular formula is C31H34N2. The molecule has 0 amide bonds. The van der Waals surface area contributed by atoms with Crippen LogP contribution in [0.4, 0.5) is 5.69 Å². The van der Waals surface area contributed by atoms with Crippen molar-refractivity contribution >= 4 is 17.5 Å². The van der Waals surface area contributed by atoms with Crippen molar-refractivity contribution in [1.82, 2.24) is 0 Å². The molecule has 168 valence electrons. The van der Waals surface area contributed by atoms with Crippen LogP contribution in [0.3, 0.4) is 0 Å². The van der Waals surface area contributed by atoms with Crippen LogP contribution in [0.5, 0.6) is 0 Å². The molecule has 0 aliphatic carbocycles. The van der Waals surface area contributed by atoms with Crippen molar-refractivity contribution in [2.24, 2.45) is 4.99 Å². The minimum Gasteiger partial charge on any atom is -0.384 e. The number of anilines is 1. The van der Waals surface area contributed by atoms with Crippen molar-refractivity contribution in [1.29, 1.82) is 0 Å². The standard InChI is InChI=1S/C31H34N2/c1-8-10-20-33-29-19-16-24(5)21-28(29)31(27-14-12-11-13-15-27)30(23(3)4)25(6)17-18-26(9-2)22-32-7/h1,9,11-19,21-22,33H,3,6,10,20H2,2,4-5,7H3/b18-17+,26-9-,31-30+,32-22?. The van der Waals surface area contributed by atoms with E-state index < -0.39 is 0 Å². The van der Waals surface area contributed by atoms with Crippen molar-refractivity contribution < 1.29 is 0 Å². The summed E-state index contributed by atoms with van der Waals surface area (Å²) in [5.74, 6) is 2.70. The van der Waals surface area contributed by atoms with Gasteiger partial charge < -0.3 is 5.32 Å². The number of allylic oxidation sites excluding steroid dienone is 7. The first-order valence-corrected chi connectivity index (χ1v) is 11.1. The Kier molecular flexibility index (Phi) is 9.93. The number of aliphatic imine (C=N–C) groups is 1. The van der Waals surface area contributed by atoms with E-state index in [2.05, 4.69) is 78.8 Å². The van der Waals surface area contributed by atoms with Crippen LogP contribution in [-0.4, -0.2) is 19.8 Å². The molecule has 2 nitrogen and oxygen atoms in total. The second-order valence-corrected chi connectivity index (χ2v) is 7.86. The third-order valence-electron chi connectivity index (χ3n) is 5.18. The second kappa shape index (κ2) is 12.9. The molecule has 0 spiro atoms. The smallest absolute Gasteiger partial charge is 0.0420 e. The van der Waals surface area contributed by atoms with Gasteiger partial charge in [-0.2, -0.15) is 0 Å². The van der Waals surface area contributed by atoms with E-state index in [4.69, 9.17) is 6.42 Å². The SMILES string of the molecule is C#CCCNc1ccc(C)cc1/C(=C(\C(=C)C)C(=C)/C=C/C(C=NC)=C/C)c1ccccc1. The number of aryl methyl sites for hydroxylation is 1. The van der Waals surface area contributed by atoms with Crippen molar-refractivity contribution in [3.05, 3.63) is 119 Å². The lowest BCUT2D eigenvalue weighted by Crippen LogP contribution is -2.06. The molecule has 1 N–H and O–H groups in total. The second-order valence-electron chi connectivity index (χ2n) is 7.86. The summed E-state index contributed by atoms with van der Waals surface area (Å²) in [6, 6.07) is 16.8. The van der Waals surface area contributed by atoms with Crippen molar-refractivity contribution in [2.75, 3.05) is 18.9 Å². The highest BCUT2D eigenvalue weighted by Crippen LogP contribution is 2.38. The minimum atomic E-state index is 0.658. The third kappa shape index (κ3) is 7.09. The summed E-state index contributed by atoms with van der Waals surface area (Å²) >= 11 is 0. The van der Waals surface area contributed by atoms with Crippen LogP contribution < -0.4 is 5.32 Å². The lowest BCUT2D eigenvalue weighted by atomic mass is 9.85. The fourth-order valence-electron chi connectivity index (χ4n) is 3.62. The number of hydrogen-bond acceptors (Lipinski definition) is 2. The van der Waals surface area contributed by atoms with E-state index >= 15 is 0 Å². The van der Waals surface area contributed by atoms with Gasteiger partial charge >= 0.3 is 0 Å². The first-order valence-electron chi connectivity index (χ1n) is 11.1. The molecule has 0 saturated carbocycles. The molecule has 0 fully saturated rings. The maximum absolute atomic E-state index is 5.48. The summed E-state index contributed by atoms with van der Waals surface area (Å²) in [6.07, 6.45) is 14.1. The summed E-state index contributed by atoms with van der Waals surface area (Å²) < 4.78 is 0. The highest BCUT2D eigenvalue weighted by atomic mass is 14.9. The molecule has 0 aromatic heterocycles. The van der Waals surface area contributed by atoms with Crippen LogP contribution in [0.1, 0.15) is 37.0 Å². The maximum Gasteiger partial charge on any atom is 0.0420 e. The number of hydrogen-bond donors (Lipinski definition) is 1. The summed E-state index contributed by atoms with van der Waals surface area (Å²) in [6.45, 7) is 15.6. The molecule has 0 aliphatic heterocycles. The monoisotopic (exact) mass is 434 g/mol. The minimum absolute atomic E-state index is 0.658. The Morgan fingerprint density at radius 2 is 1.85 bits per heavy atom. The molecule has 2 heteroatoms. The van der Waals surface area contributed by atoms with E-state index in [0.717, 1.165) is 44.7 Å². The van der Waals surface area contributed by atoms with Gasteiger partial charge in [-0.25, -0.2) is 0 Å². The summed E-state index contributed by atoms with van der Waals surface area (Å²) in [5, 5.41) is 3.52. The molecule has 0 bridgehead atoms. The van der Waals surface area contributed by atoms with Gasteiger partial charge in [0.25, 0.3) is 0 Å². The van der Waals surface area contributed by atoms with Crippen molar-refractivity contribution in [2.45, 2.75) is 27.2 Å². The molecule has 2 aromatic rings. The Hall–Kier alpha value is -3.83. The molecule has 0 heterocycles. The number of nitrogens with zero attached hydrogens (tertiary/aromatic N) is 1. The maximum atomic E-state index is 5.48. The average Bonchev–Trinajstić information content (AvgIpc) is 2.81. The van der Waals surface area contributed by atoms with Crippen LogP contribution in [-0.2, 0) is 0 Å². The van der Waals surface area contributed by atoms with Crippen molar-refractivity contribution in [3.63, 3.8) is 0 Å². The highest BCUT2D eigenvalue weighted by molar-refractivity contribution is 5.92. The molecule has 0 saturated heterocycles. The summed E-state index contributed by atoms with van der Waals surface area (Å²) in [5.41, 5.74) is 9.41. The van der Waals surface area contributed by atoms with Crippen LogP contribution in [0.25, 0.3) is 5.57 Å². The topological polar surface area (TPSA) is 24.4 Å². The van der Waals surface area contributed by atoms with Crippen LogP contribution in [0.2, 0.25) is 0 Å². The van der Waals surface area contributed by atoms with Gasteiger partial charge in [0.05, 0.1) is 0 Å². The Labute approximate surface area is 199 Å². The molecule has 2 rings (SSSR count). The zero-order chi connectivity index (χ0) is 24.2. The van der Waals surface area contributed by atoms with E-state index in [1.165, 1.54) is 5.56 Å². The van der Waals surface area contributed by atoms with Gasteiger partial charge in [0.15, 0.2) is 0 Å². The third-order valence-corrected chi connectivity index (χ3v) is 5.18. The fourth-order valence-corrected chi connectivity index (χ4v) is 3.62. The van der Waals surface area contributed by atoms with E-state index in [-0.39, 0.29) is 0 Å². The van der Waals surface area contributed by atoms with E-state index in [9.17, 15) is 0 Å². The fraction of sp³-hybridized carbons (Fsp3) is 0.194. The molecule has 0 atom stereocenters. The predicted octanol–water partition coefficient (Wildman–Crippen LogP) is 7.57. The molecular weight excluding hydrogens is 400 g/mol. The molecule has 0 aliphatic rings. The Morgan fingerprint density at radius 1 is 1.12 bits per heavy atom. The Morgan fingerprint density at radius 3 is 2.45 bits per heavy atom. The van der Waals surface area contributed by atoms with E-state index in [1.807, 2.05) is 44.4 Å². The van der Waals surface area contributed by atoms with Crippen LogP contribution in [0, 0.1) is 19.3 Å². The Balaban J connectivity index is 2.79. The number of nitrogens with one attached hydrogen (secondary N) is 1. The van der Waals surface area contributed by atoms with Gasteiger partial charge in [-0.05, 0) is 66.3 Å².